The molecule has 0 radical (unpaired) electrons. The maximum Gasteiger partial charge on any atom is 0.306 e. The lowest BCUT2D eigenvalue weighted by Gasteiger charge is -2.14. The first kappa shape index (κ1) is 13.1. The summed E-state index contributed by atoms with van der Waals surface area (Å²) in [5.41, 5.74) is 0. The van der Waals surface area contributed by atoms with Crippen LogP contribution in [0.15, 0.2) is 6.33 Å². The van der Waals surface area contributed by atoms with E-state index in [0.717, 1.165) is 0 Å². The van der Waals surface area contributed by atoms with Crippen LogP contribution < -0.4 is 0 Å². The molecule has 0 bridgehead atoms. The molecule has 17 heavy (non-hydrogen) atoms. The summed E-state index contributed by atoms with van der Waals surface area (Å²) in [4.78, 5) is 28.1. The molecule has 0 saturated heterocycles. The fraction of sp³-hybridized carbons (Fsp3) is 0.600. The summed E-state index contributed by atoms with van der Waals surface area (Å²) in [5.74, 6) is 0.125. The van der Waals surface area contributed by atoms with Crippen molar-refractivity contribution in [2.75, 3.05) is 13.7 Å². The van der Waals surface area contributed by atoms with E-state index in [1.54, 1.807) is 14.0 Å². The van der Waals surface area contributed by atoms with Crippen LogP contribution in [0.1, 0.15) is 25.6 Å². The van der Waals surface area contributed by atoms with E-state index >= 15 is 0 Å². The average Bonchev–Trinajstić information content (AvgIpc) is 2.79. The molecule has 94 valence electrons. The Labute approximate surface area is 99.2 Å². The topological polar surface area (TPSA) is 88.2 Å². The standard InChI is InChI=1S/C10H16N4O3/c1-3-17-10(16)5-4-9(15)14(2)6-8-11-7-12-13-8/h7H,3-6H2,1-2H3,(H,11,12,13). The molecule has 0 unspecified atom stereocenters. The fourth-order valence-electron chi connectivity index (χ4n) is 1.25. The van der Waals surface area contributed by atoms with Crippen LogP contribution in [0.4, 0.5) is 0 Å². The number of nitrogens with zero attached hydrogens (tertiary/aromatic N) is 3. The number of aromatic amines is 1. The number of carbonyl (C=O) groups excluding carboxylic acids is 2. The number of H-pyrrole nitrogens is 1. The number of esters is 1. The molecule has 7 nitrogen and oxygen atoms in total. The minimum absolute atomic E-state index is 0.105. The van der Waals surface area contributed by atoms with Crippen LogP contribution >= 0.6 is 0 Å². The van der Waals surface area contributed by atoms with Crippen LogP contribution in [0.2, 0.25) is 0 Å². The molecule has 0 atom stereocenters. The molecule has 0 aliphatic heterocycles. The van der Waals surface area contributed by atoms with E-state index in [2.05, 4.69) is 15.2 Å². The normalized spacial score (nSPS) is 10.0. The minimum Gasteiger partial charge on any atom is -0.466 e. The third-order valence-electron chi connectivity index (χ3n) is 2.13. The summed E-state index contributed by atoms with van der Waals surface area (Å²) in [6, 6.07) is 0. The zero-order valence-electron chi connectivity index (χ0n) is 9.97. The third kappa shape index (κ3) is 4.62. The number of rotatable bonds is 6. The highest BCUT2D eigenvalue weighted by atomic mass is 16.5. The molecule has 1 aromatic rings. The van der Waals surface area contributed by atoms with Gasteiger partial charge in [-0.15, -0.1) is 0 Å². The monoisotopic (exact) mass is 240 g/mol. The number of ether oxygens (including phenoxy) is 1. The zero-order chi connectivity index (χ0) is 12.7. The van der Waals surface area contributed by atoms with Crippen molar-refractivity contribution < 1.29 is 14.3 Å². The van der Waals surface area contributed by atoms with Crippen molar-refractivity contribution in [2.24, 2.45) is 0 Å². The molecule has 1 rings (SSSR count). The van der Waals surface area contributed by atoms with Gasteiger partial charge in [-0.2, -0.15) is 5.10 Å². The SMILES string of the molecule is CCOC(=O)CCC(=O)N(C)Cc1ncn[nH]1. The Morgan fingerprint density at radius 1 is 1.47 bits per heavy atom. The van der Waals surface area contributed by atoms with Gasteiger partial charge in [-0.1, -0.05) is 0 Å². The van der Waals surface area contributed by atoms with Gasteiger partial charge in [0.05, 0.1) is 19.6 Å². The molecule has 1 aromatic heterocycles. The molecule has 0 saturated carbocycles. The van der Waals surface area contributed by atoms with E-state index in [4.69, 9.17) is 4.74 Å². The van der Waals surface area contributed by atoms with E-state index in [0.29, 0.717) is 19.0 Å². The summed E-state index contributed by atoms with van der Waals surface area (Å²) in [6.45, 7) is 2.42. The first-order valence-electron chi connectivity index (χ1n) is 5.37. The van der Waals surface area contributed by atoms with E-state index in [1.807, 2.05) is 0 Å². The predicted molar refractivity (Wildman–Crippen MR) is 58.7 cm³/mol. The smallest absolute Gasteiger partial charge is 0.306 e. The van der Waals surface area contributed by atoms with Crippen molar-refractivity contribution in [3.05, 3.63) is 12.2 Å². The summed E-state index contributed by atoms with van der Waals surface area (Å²) >= 11 is 0. The molecule has 0 aliphatic rings. The van der Waals surface area contributed by atoms with Crippen LogP contribution in [0.25, 0.3) is 0 Å². The Kier molecular flexibility index (Phi) is 5.12. The largest absolute Gasteiger partial charge is 0.466 e. The molecule has 1 amide bonds. The molecular weight excluding hydrogens is 224 g/mol. The van der Waals surface area contributed by atoms with Crippen molar-refractivity contribution in [2.45, 2.75) is 26.3 Å². The van der Waals surface area contributed by atoms with Gasteiger partial charge in [-0.05, 0) is 6.92 Å². The number of aromatic nitrogens is 3. The zero-order valence-corrected chi connectivity index (χ0v) is 9.97. The van der Waals surface area contributed by atoms with Crippen LogP contribution in [0.5, 0.6) is 0 Å². The van der Waals surface area contributed by atoms with Crippen LogP contribution in [0, 0.1) is 0 Å². The van der Waals surface area contributed by atoms with Gasteiger partial charge >= 0.3 is 5.97 Å². The van der Waals surface area contributed by atoms with E-state index in [-0.39, 0.29) is 24.7 Å². The average molecular weight is 240 g/mol. The number of nitrogens with one attached hydrogen (secondary N) is 1. The Morgan fingerprint density at radius 2 is 2.24 bits per heavy atom. The highest BCUT2D eigenvalue weighted by Gasteiger charge is 2.13. The van der Waals surface area contributed by atoms with Crippen molar-refractivity contribution >= 4 is 11.9 Å². The Morgan fingerprint density at radius 3 is 2.82 bits per heavy atom. The Bertz CT molecular complexity index is 364. The van der Waals surface area contributed by atoms with E-state index in [1.165, 1.54) is 11.2 Å². The number of carbonyl (C=O) groups is 2. The molecular formula is C10H16N4O3. The number of hydrogen-bond acceptors (Lipinski definition) is 5. The lowest BCUT2D eigenvalue weighted by Crippen LogP contribution is -2.27. The summed E-state index contributed by atoms with van der Waals surface area (Å²) in [5, 5.41) is 6.35. The van der Waals surface area contributed by atoms with Crippen molar-refractivity contribution in [1.82, 2.24) is 20.1 Å². The second kappa shape index (κ2) is 6.62. The molecule has 0 aliphatic carbocycles. The summed E-state index contributed by atoms with van der Waals surface area (Å²) < 4.78 is 4.74. The summed E-state index contributed by atoms with van der Waals surface area (Å²) in [7, 11) is 1.65. The maximum absolute atomic E-state index is 11.6. The second-order valence-electron chi connectivity index (χ2n) is 3.49. The second-order valence-corrected chi connectivity index (χ2v) is 3.49. The van der Waals surface area contributed by atoms with Crippen LogP contribution in [-0.4, -0.2) is 45.6 Å². The van der Waals surface area contributed by atoms with Gasteiger partial charge in [0.15, 0.2) is 0 Å². The van der Waals surface area contributed by atoms with Gasteiger partial charge in [0.1, 0.15) is 12.2 Å². The predicted octanol–water partition coefficient (Wildman–Crippen LogP) is 0.106. The van der Waals surface area contributed by atoms with Gasteiger partial charge in [0.25, 0.3) is 0 Å². The van der Waals surface area contributed by atoms with Crippen molar-refractivity contribution in [1.29, 1.82) is 0 Å². The molecule has 1 N–H and O–H groups in total. The molecule has 7 heteroatoms. The van der Waals surface area contributed by atoms with Crippen LogP contribution in [-0.2, 0) is 20.9 Å². The number of hydrogen-bond donors (Lipinski definition) is 1. The van der Waals surface area contributed by atoms with Crippen molar-refractivity contribution in [3.63, 3.8) is 0 Å². The lowest BCUT2D eigenvalue weighted by atomic mass is 10.3. The summed E-state index contributed by atoms with van der Waals surface area (Å²) in [6.07, 6.45) is 1.63. The van der Waals surface area contributed by atoms with E-state index in [9.17, 15) is 9.59 Å². The van der Waals surface area contributed by atoms with Gasteiger partial charge in [0, 0.05) is 13.5 Å². The first-order chi connectivity index (χ1) is 8.13. The first-order valence-corrected chi connectivity index (χ1v) is 5.37. The molecule has 1 heterocycles. The fourth-order valence-corrected chi connectivity index (χ4v) is 1.25. The number of amides is 1. The van der Waals surface area contributed by atoms with Gasteiger partial charge in [-0.25, -0.2) is 4.98 Å². The highest BCUT2D eigenvalue weighted by Crippen LogP contribution is 2.01. The molecule has 0 spiro atoms. The Hall–Kier alpha value is -1.92. The minimum atomic E-state index is -0.353. The van der Waals surface area contributed by atoms with Gasteiger partial charge in [0.2, 0.25) is 5.91 Å². The highest BCUT2D eigenvalue weighted by molar-refractivity contribution is 5.81. The van der Waals surface area contributed by atoms with Gasteiger partial charge in [-0.3, -0.25) is 14.7 Å². The van der Waals surface area contributed by atoms with Gasteiger partial charge < -0.3 is 9.64 Å². The molecule has 0 fully saturated rings. The van der Waals surface area contributed by atoms with E-state index < -0.39 is 0 Å². The van der Waals surface area contributed by atoms with Crippen LogP contribution in [0.3, 0.4) is 0 Å². The lowest BCUT2D eigenvalue weighted by molar-refractivity contribution is -0.145. The quantitative estimate of drug-likeness (QED) is 0.713. The molecule has 0 aromatic carbocycles. The van der Waals surface area contributed by atoms with Crippen molar-refractivity contribution in [3.8, 4) is 0 Å². The Balaban J connectivity index is 2.29. The maximum atomic E-state index is 11.6. The third-order valence-corrected chi connectivity index (χ3v) is 2.13.